The van der Waals surface area contributed by atoms with Gasteiger partial charge in [0.05, 0.1) is 6.54 Å². The highest BCUT2D eigenvalue weighted by Crippen LogP contribution is 2.21. The Kier molecular flexibility index (Phi) is 8.98. The summed E-state index contributed by atoms with van der Waals surface area (Å²) >= 11 is 9.44. The average Bonchev–Trinajstić information content (AvgIpc) is 2.25. The fraction of sp³-hybridized carbons (Fsp3) is 0.417. The Bertz CT molecular complexity index is 410. The molecule has 0 heterocycles. The van der Waals surface area contributed by atoms with E-state index in [-0.39, 0.29) is 24.0 Å². The first-order chi connectivity index (χ1) is 7.99. The molecule has 0 saturated carbocycles. The molecule has 0 radical (unpaired) electrons. The molecule has 0 aromatic heterocycles. The van der Waals surface area contributed by atoms with Gasteiger partial charge >= 0.3 is 0 Å². The lowest BCUT2D eigenvalue weighted by atomic mass is 10.2. The summed E-state index contributed by atoms with van der Waals surface area (Å²) in [5.41, 5.74) is 6.70. The molecule has 0 atom stereocenters. The van der Waals surface area contributed by atoms with Gasteiger partial charge in [-0.15, -0.1) is 24.0 Å². The third kappa shape index (κ3) is 6.80. The Hall–Kier alpha value is -0.0100. The summed E-state index contributed by atoms with van der Waals surface area (Å²) in [5, 5.41) is 3.75. The highest BCUT2D eigenvalue weighted by Gasteiger charge is 2.01. The normalized spacial score (nSPS) is 11.3. The van der Waals surface area contributed by atoms with Gasteiger partial charge in [-0.3, -0.25) is 0 Å². The minimum Gasteiger partial charge on any atom is -0.370 e. The van der Waals surface area contributed by atoms with Gasteiger partial charge in [-0.1, -0.05) is 47.4 Å². The lowest BCUT2D eigenvalue weighted by molar-refractivity contribution is 0.622. The fourth-order valence-corrected chi connectivity index (χ4v) is 1.92. The molecule has 3 nitrogen and oxygen atoms in total. The number of hydrogen-bond donors (Lipinski definition) is 2. The van der Waals surface area contributed by atoms with Crippen LogP contribution in [0.2, 0.25) is 5.02 Å². The van der Waals surface area contributed by atoms with E-state index in [4.69, 9.17) is 17.3 Å². The maximum Gasteiger partial charge on any atom is 0.188 e. The van der Waals surface area contributed by atoms with Crippen LogP contribution in [0.4, 0.5) is 0 Å². The second-order valence-corrected chi connectivity index (χ2v) is 5.53. The van der Waals surface area contributed by atoms with Gasteiger partial charge in [0.2, 0.25) is 0 Å². The van der Waals surface area contributed by atoms with Crippen LogP contribution in [0.15, 0.2) is 27.7 Å². The van der Waals surface area contributed by atoms with Gasteiger partial charge in [0, 0.05) is 16.0 Å². The molecule has 3 N–H and O–H groups in total. The van der Waals surface area contributed by atoms with E-state index >= 15 is 0 Å². The van der Waals surface area contributed by atoms with Crippen LogP contribution < -0.4 is 11.1 Å². The van der Waals surface area contributed by atoms with Crippen molar-refractivity contribution in [1.29, 1.82) is 0 Å². The van der Waals surface area contributed by atoms with Gasteiger partial charge in [0.25, 0.3) is 0 Å². The summed E-state index contributed by atoms with van der Waals surface area (Å²) in [5.74, 6) is 0.998. The van der Waals surface area contributed by atoms with Crippen LogP contribution in [0, 0.1) is 5.92 Å². The van der Waals surface area contributed by atoms with Crippen molar-refractivity contribution in [1.82, 2.24) is 5.32 Å². The third-order valence-corrected chi connectivity index (χ3v) is 2.97. The van der Waals surface area contributed by atoms with Gasteiger partial charge in [-0.2, -0.15) is 0 Å². The lowest BCUT2D eigenvalue weighted by Gasteiger charge is -2.08. The molecule has 0 aliphatic heterocycles. The molecular formula is C12H18BrClIN3. The maximum atomic E-state index is 6.08. The number of nitrogens with two attached hydrogens (primary N) is 1. The second-order valence-electron chi connectivity index (χ2n) is 4.21. The van der Waals surface area contributed by atoms with Gasteiger partial charge in [-0.25, -0.2) is 4.99 Å². The quantitative estimate of drug-likeness (QED) is 0.420. The largest absolute Gasteiger partial charge is 0.370 e. The van der Waals surface area contributed by atoms with Gasteiger partial charge < -0.3 is 11.1 Å². The van der Waals surface area contributed by atoms with Crippen LogP contribution in [0.25, 0.3) is 0 Å². The van der Waals surface area contributed by atoms with E-state index < -0.39 is 0 Å². The van der Waals surface area contributed by atoms with Crippen LogP contribution in [-0.2, 0) is 6.54 Å². The van der Waals surface area contributed by atoms with Crippen molar-refractivity contribution >= 4 is 57.5 Å². The molecule has 0 fully saturated rings. The zero-order valence-electron chi connectivity index (χ0n) is 10.4. The molecule has 0 bridgehead atoms. The van der Waals surface area contributed by atoms with Crippen molar-refractivity contribution in [2.24, 2.45) is 16.6 Å². The smallest absolute Gasteiger partial charge is 0.188 e. The number of aliphatic imine (C=N–C) groups is 1. The molecule has 18 heavy (non-hydrogen) atoms. The van der Waals surface area contributed by atoms with E-state index in [1.165, 1.54) is 0 Å². The Morgan fingerprint density at radius 1 is 1.50 bits per heavy atom. The number of benzene rings is 1. The Balaban J connectivity index is 0.00000289. The lowest BCUT2D eigenvalue weighted by Crippen LogP contribution is -2.34. The van der Waals surface area contributed by atoms with Crippen molar-refractivity contribution in [3.8, 4) is 0 Å². The third-order valence-electron chi connectivity index (χ3n) is 2.13. The molecule has 1 aromatic rings. The number of halogens is 3. The summed E-state index contributed by atoms with van der Waals surface area (Å²) in [6.45, 7) is 5.55. The van der Waals surface area contributed by atoms with E-state index in [0.29, 0.717) is 23.4 Å². The van der Waals surface area contributed by atoms with Crippen LogP contribution in [0.1, 0.15) is 19.4 Å². The molecule has 0 amide bonds. The van der Waals surface area contributed by atoms with E-state index in [1.807, 2.05) is 18.2 Å². The summed E-state index contributed by atoms with van der Waals surface area (Å²) < 4.78 is 0.959. The molecule has 0 saturated heterocycles. The van der Waals surface area contributed by atoms with E-state index in [2.05, 4.69) is 40.1 Å². The van der Waals surface area contributed by atoms with E-state index in [0.717, 1.165) is 16.6 Å². The zero-order chi connectivity index (χ0) is 12.8. The first kappa shape index (κ1) is 18.0. The Morgan fingerprint density at radius 2 is 2.17 bits per heavy atom. The van der Waals surface area contributed by atoms with Crippen LogP contribution in [0.5, 0.6) is 0 Å². The van der Waals surface area contributed by atoms with Crippen molar-refractivity contribution in [3.05, 3.63) is 33.3 Å². The minimum absolute atomic E-state index is 0. The number of guanidine groups is 1. The maximum absolute atomic E-state index is 6.08. The molecule has 1 rings (SSSR count). The van der Waals surface area contributed by atoms with Crippen LogP contribution in [-0.4, -0.2) is 12.5 Å². The van der Waals surface area contributed by atoms with Crippen LogP contribution >= 0.6 is 51.5 Å². The molecule has 6 heteroatoms. The molecule has 102 valence electrons. The summed E-state index contributed by atoms with van der Waals surface area (Å²) in [4.78, 5) is 4.24. The van der Waals surface area contributed by atoms with Crippen molar-refractivity contribution in [2.75, 3.05) is 6.54 Å². The molecule has 0 aliphatic carbocycles. The topological polar surface area (TPSA) is 50.4 Å². The monoisotopic (exact) mass is 445 g/mol. The number of hydrogen-bond acceptors (Lipinski definition) is 1. The highest BCUT2D eigenvalue weighted by molar-refractivity contribution is 14.0. The second kappa shape index (κ2) is 8.98. The average molecular weight is 447 g/mol. The Morgan fingerprint density at radius 3 is 2.72 bits per heavy atom. The standard InChI is InChI=1S/C12H17BrClN3.HI/c1-8(2)6-16-12(15)17-7-9-3-4-10(13)5-11(9)14;/h3-5,8H,6-7H2,1-2H3,(H3,15,16,17);1H. The van der Waals surface area contributed by atoms with Gasteiger partial charge in [-0.05, 0) is 23.6 Å². The summed E-state index contributed by atoms with van der Waals surface area (Å²) in [6, 6.07) is 5.73. The predicted molar refractivity (Wildman–Crippen MR) is 92.7 cm³/mol. The fourth-order valence-electron chi connectivity index (χ4n) is 1.18. The number of nitrogens with zero attached hydrogens (tertiary/aromatic N) is 1. The molecule has 0 spiro atoms. The van der Waals surface area contributed by atoms with Crippen molar-refractivity contribution in [2.45, 2.75) is 20.4 Å². The van der Waals surface area contributed by atoms with Crippen LogP contribution in [0.3, 0.4) is 0 Å². The molecule has 1 aromatic carbocycles. The van der Waals surface area contributed by atoms with Gasteiger partial charge in [0.1, 0.15) is 0 Å². The van der Waals surface area contributed by atoms with E-state index in [1.54, 1.807) is 0 Å². The SMILES string of the molecule is CC(C)CNC(N)=NCc1ccc(Br)cc1Cl.I. The summed E-state index contributed by atoms with van der Waals surface area (Å²) in [6.07, 6.45) is 0. The van der Waals surface area contributed by atoms with Crippen molar-refractivity contribution < 1.29 is 0 Å². The first-order valence-electron chi connectivity index (χ1n) is 5.46. The first-order valence-corrected chi connectivity index (χ1v) is 6.64. The minimum atomic E-state index is 0. The molecule has 0 unspecified atom stereocenters. The summed E-state index contributed by atoms with van der Waals surface area (Å²) in [7, 11) is 0. The van der Waals surface area contributed by atoms with Crippen molar-refractivity contribution in [3.63, 3.8) is 0 Å². The number of rotatable bonds is 4. The molecule has 0 aliphatic rings. The Labute approximate surface area is 139 Å². The molecular weight excluding hydrogens is 428 g/mol. The van der Waals surface area contributed by atoms with Gasteiger partial charge in [0.15, 0.2) is 5.96 Å². The highest BCUT2D eigenvalue weighted by atomic mass is 127. The number of nitrogens with one attached hydrogen (secondary N) is 1. The zero-order valence-corrected chi connectivity index (χ0v) is 15.1. The van der Waals surface area contributed by atoms with E-state index in [9.17, 15) is 0 Å². The predicted octanol–water partition coefficient (Wildman–Crippen LogP) is 3.78.